The molecule has 0 bridgehead atoms. The molecule has 0 aromatic carbocycles. The lowest BCUT2D eigenvalue weighted by molar-refractivity contribution is 0.289. The minimum Gasteiger partial charge on any atom is -0.328 e. The molecule has 0 aliphatic heterocycles. The summed E-state index contributed by atoms with van der Waals surface area (Å²) in [5, 5.41) is 8.07. The normalized spacial score (nSPS) is 31.9. The smallest absolute Gasteiger partial charge is 0.151 e. The van der Waals surface area contributed by atoms with Gasteiger partial charge in [0.1, 0.15) is 0 Å². The quantitative estimate of drug-likeness (QED) is 0.849. The maximum absolute atomic E-state index is 6.03. The van der Waals surface area contributed by atoms with Gasteiger partial charge >= 0.3 is 0 Å². The monoisotopic (exact) mass is 272 g/mol. The molecule has 0 saturated heterocycles. The molecule has 0 amide bonds. The number of aryl methyl sites for hydroxylation is 1. The first-order valence-electron chi connectivity index (χ1n) is 5.40. The van der Waals surface area contributed by atoms with E-state index >= 15 is 0 Å². The summed E-state index contributed by atoms with van der Waals surface area (Å²) in [5.74, 6) is 1.15. The predicted octanol–water partition coefficient (Wildman–Crippen LogP) is 1.81. The Labute approximate surface area is 98.3 Å². The number of aromatic nitrogens is 3. The zero-order valence-corrected chi connectivity index (χ0v) is 10.7. The van der Waals surface area contributed by atoms with Gasteiger partial charge in [-0.05, 0) is 41.1 Å². The Morgan fingerprint density at radius 2 is 2.20 bits per heavy atom. The van der Waals surface area contributed by atoms with Crippen LogP contribution in [0.5, 0.6) is 0 Å². The maximum Gasteiger partial charge on any atom is 0.151 e. The van der Waals surface area contributed by atoms with Crippen LogP contribution in [0.25, 0.3) is 0 Å². The molecule has 1 heterocycles. The molecule has 4 nitrogen and oxygen atoms in total. The average molecular weight is 273 g/mol. The van der Waals surface area contributed by atoms with E-state index in [1.54, 1.807) is 0 Å². The lowest BCUT2D eigenvalue weighted by Crippen LogP contribution is -2.32. The summed E-state index contributed by atoms with van der Waals surface area (Å²) in [6.07, 6.45) is 3.38. The number of rotatable bonds is 1. The van der Waals surface area contributed by atoms with E-state index in [1.165, 1.54) is 12.1 Å². The van der Waals surface area contributed by atoms with Crippen LogP contribution < -0.4 is 5.73 Å². The predicted molar refractivity (Wildman–Crippen MR) is 62.4 cm³/mol. The summed E-state index contributed by atoms with van der Waals surface area (Å²) >= 11 is 3.46. The van der Waals surface area contributed by atoms with Crippen LogP contribution in [0.1, 0.15) is 37.8 Å². The summed E-state index contributed by atoms with van der Waals surface area (Å²) in [4.78, 5) is 0. The fourth-order valence-corrected chi connectivity index (χ4v) is 3.09. The van der Waals surface area contributed by atoms with Crippen molar-refractivity contribution < 1.29 is 0 Å². The van der Waals surface area contributed by atoms with Gasteiger partial charge in [-0.1, -0.05) is 12.1 Å². The molecule has 1 aliphatic carbocycles. The van der Waals surface area contributed by atoms with Crippen molar-refractivity contribution in [1.82, 2.24) is 15.0 Å². The summed E-state index contributed by atoms with van der Waals surface area (Å²) < 4.78 is 2.74. The molecule has 15 heavy (non-hydrogen) atoms. The number of nitrogens with two attached hydrogens (primary N) is 1. The summed E-state index contributed by atoms with van der Waals surface area (Å²) in [6, 6.07) is 0.327. The molecule has 3 unspecified atom stereocenters. The summed E-state index contributed by atoms with van der Waals surface area (Å²) in [7, 11) is 1.94. The summed E-state index contributed by atoms with van der Waals surface area (Å²) in [6.45, 7) is 2.29. The van der Waals surface area contributed by atoms with Crippen LogP contribution in [0.15, 0.2) is 4.60 Å². The SMILES string of the molecule is CC1CCC(N)CC1c1c(Br)nnn1C. The van der Waals surface area contributed by atoms with E-state index in [0.29, 0.717) is 17.9 Å². The van der Waals surface area contributed by atoms with Crippen LogP contribution in [0.2, 0.25) is 0 Å². The number of hydrogen-bond donors (Lipinski definition) is 1. The van der Waals surface area contributed by atoms with Gasteiger partial charge in [-0.3, -0.25) is 4.68 Å². The first kappa shape index (κ1) is 11.1. The molecule has 0 spiro atoms. The van der Waals surface area contributed by atoms with Gasteiger partial charge in [0.2, 0.25) is 0 Å². The van der Waals surface area contributed by atoms with Crippen molar-refractivity contribution in [3.05, 3.63) is 10.3 Å². The Balaban J connectivity index is 2.28. The molecular formula is C10H17BrN4. The Hall–Kier alpha value is -0.420. The van der Waals surface area contributed by atoms with Gasteiger partial charge in [0.15, 0.2) is 4.60 Å². The van der Waals surface area contributed by atoms with Gasteiger partial charge in [-0.2, -0.15) is 0 Å². The minimum absolute atomic E-state index is 0.327. The highest BCUT2D eigenvalue weighted by molar-refractivity contribution is 9.10. The van der Waals surface area contributed by atoms with Gasteiger partial charge < -0.3 is 5.73 Å². The van der Waals surface area contributed by atoms with Gasteiger partial charge in [0, 0.05) is 19.0 Å². The minimum atomic E-state index is 0.327. The van der Waals surface area contributed by atoms with Crippen LogP contribution in [0, 0.1) is 5.92 Å². The van der Waals surface area contributed by atoms with E-state index in [4.69, 9.17) is 5.73 Å². The average Bonchev–Trinajstić information content (AvgIpc) is 2.51. The fourth-order valence-electron chi connectivity index (χ4n) is 2.47. The standard InChI is InChI=1S/C10H17BrN4/c1-6-3-4-7(12)5-8(6)9-10(11)13-14-15(9)2/h6-8H,3-5,12H2,1-2H3. The molecule has 5 heteroatoms. The molecule has 1 aromatic heterocycles. The second-order valence-electron chi connectivity index (χ2n) is 4.55. The first-order valence-corrected chi connectivity index (χ1v) is 6.19. The van der Waals surface area contributed by atoms with Crippen LogP contribution in [0.4, 0.5) is 0 Å². The van der Waals surface area contributed by atoms with E-state index in [0.717, 1.165) is 17.4 Å². The third-order valence-electron chi connectivity index (χ3n) is 3.41. The van der Waals surface area contributed by atoms with Crippen molar-refractivity contribution in [3.8, 4) is 0 Å². The maximum atomic E-state index is 6.03. The zero-order valence-electron chi connectivity index (χ0n) is 9.15. The van der Waals surface area contributed by atoms with Gasteiger partial charge in [-0.15, -0.1) is 5.10 Å². The molecule has 0 radical (unpaired) electrons. The molecule has 2 N–H and O–H groups in total. The van der Waals surface area contributed by atoms with E-state index in [-0.39, 0.29) is 0 Å². The second-order valence-corrected chi connectivity index (χ2v) is 5.30. The van der Waals surface area contributed by atoms with Crippen molar-refractivity contribution in [2.45, 2.75) is 38.1 Å². The third kappa shape index (κ3) is 2.08. The van der Waals surface area contributed by atoms with E-state index in [2.05, 4.69) is 33.2 Å². The number of hydrogen-bond acceptors (Lipinski definition) is 3. The Morgan fingerprint density at radius 1 is 1.47 bits per heavy atom. The molecule has 1 aromatic rings. The van der Waals surface area contributed by atoms with Crippen molar-refractivity contribution >= 4 is 15.9 Å². The van der Waals surface area contributed by atoms with Crippen molar-refractivity contribution in [1.29, 1.82) is 0 Å². The van der Waals surface area contributed by atoms with Crippen LogP contribution >= 0.6 is 15.9 Å². The third-order valence-corrected chi connectivity index (χ3v) is 3.98. The topological polar surface area (TPSA) is 56.7 Å². The molecule has 1 saturated carbocycles. The van der Waals surface area contributed by atoms with Crippen LogP contribution in [-0.4, -0.2) is 21.0 Å². The second kappa shape index (κ2) is 4.22. The lowest BCUT2D eigenvalue weighted by Gasteiger charge is -2.32. The first-order chi connectivity index (χ1) is 7.09. The highest BCUT2D eigenvalue weighted by atomic mass is 79.9. The molecular weight excluding hydrogens is 256 g/mol. The van der Waals surface area contributed by atoms with E-state index in [1.807, 2.05) is 11.7 Å². The number of halogens is 1. The van der Waals surface area contributed by atoms with Gasteiger partial charge in [0.05, 0.1) is 5.69 Å². The molecule has 84 valence electrons. The lowest BCUT2D eigenvalue weighted by atomic mass is 9.76. The Bertz CT molecular complexity index is 330. The highest BCUT2D eigenvalue weighted by Gasteiger charge is 2.31. The van der Waals surface area contributed by atoms with E-state index in [9.17, 15) is 0 Å². The van der Waals surface area contributed by atoms with Crippen molar-refractivity contribution in [2.75, 3.05) is 0 Å². The number of nitrogens with zero attached hydrogens (tertiary/aromatic N) is 3. The molecule has 1 fully saturated rings. The molecule has 2 rings (SSSR count). The zero-order chi connectivity index (χ0) is 11.0. The molecule has 3 atom stereocenters. The van der Waals surface area contributed by atoms with Gasteiger partial charge in [0.25, 0.3) is 0 Å². The van der Waals surface area contributed by atoms with Crippen molar-refractivity contribution in [3.63, 3.8) is 0 Å². The van der Waals surface area contributed by atoms with Crippen molar-refractivity contribution in [2.24, 2.45) is 18.7 Å². The fraction of sp³-hybridized carbons (Fsp3) is 0.800. The van der Waals surface area contributed by atoms with E-state index < -0.39 is 0 Å². The Morgan fingerprint density at radius 3 is 2.80 bits per heavy atom. The summed E-state index contributed by atoms with van der Waals surface area (Å²) in [5.41, 5.74) is 7.22. The van der Waals surface area contributed by atoms with Gasteiger partial charge in [-0.25, -0.2) is 0 Å². The molecule has 1 aliphatic rings. The van der Waals surface area contributed by atoms with Crippen LogP contribution in [-0.2, 0) is 7.05 Å². The van der Waals surface area contributed by atoms with Crippen LogP contribution in [0.3, 0.4) is 0 Å². The highest BCUT2D eigenvalue weighted by Crippen LogP contribution is 2.38. The largest absolute Gasteiger partial charge is 0.328 e. The Kier molecular flexibility index (Phi) is 3.11.